The molecular weight excluding hydrogens is 410 g/mol. The lowest BCUT2D eigenvalue weighted by molar-refractivity contribution is -0.133. The summed E-state index contributed by atoms with van der Waals surface area (Å²) in [5.74, 6) is 1.40. The van der Waals surface area contributed by atoms with E-state index in [1.807, 2.05) is 36.1 Å². The highest BCUT2D eigenvalue weighted by Gasteiger charge is 2.24. The Morgan fingerprint density at radius 1 is 1.10 bits per heavy atom. The third-order valence-electron chi connectivity index (χ3n) is 5.01. The number of piperazine rings is 1. The maximum atomic E-state index is 12.5. The van der Waals surface area contributed by atoms with Gasteiger partial charge < -0.3 is 19.3 Å². The number of aryl methyl sites for hydroxylation is 1. The highest BCUT2D eigenvalue weighted by atomic mass is 35.5. The quantitative estimate of drug-likeness (QED) is 0.611. The summed E-state index contributed by atoms with van der Waals surface area (Å²) in [5, 5.41) is 1.69. The van der Waals surface area contributed by atoms with Crippen LogP contribution in [0.15, 0.2) is 36.4 Å². The number of carbonyl (C=O) groups excluding carboxylic acids is 1. The second kappa shape index (κ2) is 8.47. The molecule has 1 aliphatic rings. The second-order valence-electron chi connectivity index (χ2n) is 6.87. The van der Waals surface area contributed by atoms with E-state index in [1.54, 1.807) is 30.6 Å². The minimum absolute atomic E-state index is 0.0105. The summed E-state index contributed by atoms with van der Waals surface area (Å²) < 4.78 is 11.8. The summed E-state index contributed by atoms with van der Waals surface area (Å²) in [6.07, 6.45) is 0. The number of aromatic nitrogens is 1. The molecule has 1 aromatic heterocycles. The number of rotatable bonds is 5. The molecule has 0 radical (unpaired) electrons. The average Bonchev–Trinajstić information content (AvgIpc) is 3.22. The van der Waals surface area contributed by atoms with Gasteiger partial charge in [-0.15, -0.1) is 0 Å². The predicted molar refractivity (Wildman–Crippen MR) is 117 cm³/mol. The standard InChI is InChI=1S/C21H22ClN3O3S/c1-14-3-8-17(22)20-19(14)23-21(29-20)25-11-9-24(10-12-25)18(26)13-28-16-6-4-15(27-2)5-7-16/h3-8H,9-13H2,1-2H3. The van der Waals surface area contributed by atoms with Crippen molar-refractivity contribution in [3.8, 4) is 11.5 Å². The lowest BCUT2D eigenvalue weighted by Crippen LogP contribution is -2.50. The zero-order chi connectivity index (χ0) is 20.4. The Morgan fingerprint density at radius 3 is 2.45 bits per heavy atom. The Kier molecular flexibility index (Phi) is 5.78. The van der Waals surface area contributed by atoms with Gasteiger partial charge in [-0.2, -0.15) is 0 Å². The molecule has 0 aliphatic carbocycles. The first-order valence-electron chi connectivity index (χ1n) is 9.40. The van der Waals surface area contributed by atoms with Crippen molar-refractivity contribution in [1.82, 2.24) is 9.88 Å². The van der Waals surface area contributed by atoms with E-state index in [0.29, 0.717) is 18.8 Å². The Balaban J connectivity index is 1.33. The maximum Gasteiger partial charge on any atom is 0.260 e. The minimum Gasteiger partial charge on any atom is -0.497 e. The first-order valence-corrected chi connectivity index (χ1v) is 10.6. The van der Waals surface area contributed by atoms with Crippen LogP contribution in [0.2, 0.25) is 5.02 Å². The summed E-state index contributed by atoms with van der Waals surface area (Å²) in [6.45, 7) is 4.85. The van der Waals surface area contributed by atoms with Crippen molar-refractivity contribution >= 4 is 44.2 Å². The highest BCUT2D eigenvalue weighted by molar-refractivity contribution is 7.22. The number of hydrogen-bond donors (Lipinski definition) is 0. The number of anilines is 1. The molecule has 1 saturated heterocycles. The molecule has 4 rings (SSSR count). The molecule has 1 aliphatic heterocycles. The van der Waals surface area contributed by atoms with Crippen molar-refractivity contribution in [2.75, 3.05) is 44.8 Å². The Bertz CT molecular complexity index is 975. The normalized spacial score (nSPS) is 14.3. The smallest absolute Gasteiger partial charge is 0.260 e. The van der Waals surface area contributed by atoms with Crippen LogP contribution in [0, 0.1) is 6.92 Å². The molecular formula is C21H22ClN3O3S. The topological polar surface area (TPSA) is 54.9 Å². The van der Waals surface area contributed by atoms with Crippen molar-refractivity contribution in [3.05, 3.63) is 47.0 Å². The van der Waals surface area contributed by atoms with Crippen LogP contribution in [-0.2, 0) is 4.79 Å². The van der Waals surface area contributed by atoms with Gasteiger partial charge in [-0.1, -0.05) is 29.0 Å². The van der Waals surface area contributed by atoms with E-state index in [9.17, 15) is 4.79 Å². The van der Waals surface area contributed by atoms with Crippen LogP contribution in [0.5, 0.6) is 11.5 Å². The molecule has 8 heteroatoms. The number of carbonyl (C=O) groups is 1. The number of fused-ring (bicyclic) bond motifs is 1. The van der Waals surface area contributed by atoms with Crippen LogP contribution in [0.4, 0.5) is 5.13 Å². The van der Waals surface area contributed by atoms with E-state index < -0.39 is 0 Å². The fraction of sp³-hybridized carbons (Fsp3) is 0.333. The van der Waals surface area contributed by atoms with Crippen LogP contribution >= 0.6 is 22.9 Å². The van der Waals surface area contributed by atoms with Gasteiger partial charge in [-0.3, -0.25) is 4.79 Å². The monoisotopic (exact) mass is 431 g/mol. The maximum absolute atomic E-state index is 12.5. The van der Waals surface area contributed by atoms with Crippen LogP contribution in [0.25, 0.3) is 10.2 Å². The van der Waals surface area contributed by atoms with Crippen molar-refractivity contribution < 1.29 is 14.3 Å². The number of hydrogen-bond acceptors (Lipinski definition) is 6. The van der Waals surface area contributed by atoms with Crippen LogP contribution in [0.3, 0.4) is 0 Å². The van der Waals surface area contributed by atoms with Gasteiger partial charge in [-0.05, 0) is 42.8 Å². The van der Waals surface area contributed by atoms with Crippen LogP contribution in [0.1, 0.15) is 5.56 Å². The third kappa shape index (κ3) is 4.26. The number of ether oxygens (including phenoxy) is 2. The fourth-order valence-corrected chi connectivity index (χ4v) is 4.65. The first-order chi connectivity index (χ1) is 14.0. The van der Waals surface area contributed by atoms with Crippen LogP contribution in [-0.4, -0.2) is 55.7 Å². The van der Waals surface area contributed by atoms with Gasteiger partial charge >= 0.3 is 0 Å². The van der Waals surface area contributed by atoms with Gasteiger partial charge in [0.2, 0.25) is 0 Å². The SMILES string of the molecule is COc1ccc(OCC(=O)N2CCN(c3nc4c(C)ccc(Cl)c4s3)CC2)cc1. The van der Waals surface area contributed by atoms with Gasteiger partial charge in [0.1, 0.15) is 11.5 Å². The summed E-state index contributed by atoms with van der Waals surface area (Å²) in [6, 6.07) is 11.1. The molecule has 152 valence electrons. The van der Waals surface area contributed by atoms with Crippen molar-refractivity contribution in [3.63, 3.8) is 0 Å². The molecule has 0 bridgehead atoms. The van der Waals surface area contributed by atoms with E-state index in [1.165, 1.54) is 0 Å². The summed E-state index contributed by atoms with van der Waals surface area (Å²) in [7, 11) is 1.61. The number of thiazole rings is 1. The van der Waals surface area contributed by atoms with Gasteiger partial charge in [0.05, 0.1) is 22.3 Å². The fourth-order valence-electron chi connectivity index (χ4n) is 3.28. The van der Waals surface area contributed by atoms with E-state index in [4.69, 9.17) is 26.1 Å². The molecule has 2 heterocycles. The third-order valence-corrected chi connectivity index (χ3v) is 6.59. The first kappa shape index (κ1) is 19.8. The lowest BCUT2D eigenvalue weighted by Gasteiger charge is -2.34. The molecule has 1 fully saturated rings. The van der Waals surface area contributed by atoms with Crippen LogP contribution < -0.4 is 14.4 Å². The highest BCUT2D eigenvalue weighted by Crippen LogP contribution is 2.35. The number of halogens is 1. The predicted octanol–water partition coefficient (Wildman–Crippen LogP) is 3.99. The molecule has 6 nitrogen and oxygen atoms in total. The van der Waals surface area contributed by atoms with Crippen molar-refractivity contribution in [2.24, 2.45) is 0 Å². The zero-order valence-electron chi connectivity index (χ0n) is 16.4. The van der Waals surface area contributed by atoms with E-state index >= 15 is 0 Å². The number of benzene rings is 2. The van der Waals surface area contributed by atoms with Crippen molar-refractivity contribution in [2.45, 2.75) is 6.92 Å². The molecule has 3 aromatic rings. The van der Waals surface area contributed by atoms with Gasteiger partial charge in [0, 0.05) is 26.2 Å². The number of amides is 1. The molecule has 0 N–H and O–H groups in total. The second-order valence-corrected chi connectivity index (χ2v) is 8.26. The molecule has 0 saturated carbocycles. The summed E-state index contributed by atoms with van der Waals surface area (Å²) in [4.78, 5) is 21.3. The molecule has 0 spiro atoms. The Morgan fingerprint density at radius 2 is 1.79 bits per heavy atom. The molecule has 2 aromatic carbocycles. The van der Waals surface area contributed by atoms with Crippen molar-refractivity contribution in [1.29, 1.82) is 0 Å². The Hall–Kier alpha value is -2.51. The minimum atomic E-state index is -0.0105. The van der Waals surface area contributed by atoms with E-state index in [0.717, 1.165) is 44.8 Å². The zero-order valence-corrected chi connectivity index (χ0v) is 17.9. The number of methoxy groups -OCH3 is 1. The van der Waals surface area contributed by atoms with Gasteiger partial charge in [0.15, 0.2) is 11.7 Å². The average molecular weight is 432 g/mol. The largest absolute Gasteiger partial charge is 0.497 e. The number of nitrogens with zero attached hydrogens (tertiary/aromatic N) is 3. The molecule has 0 atom stereocenters. The summed E-state index contributed by atoms with van der Waals surface area (Å²) in [5.41, 5.74) is 2.08. The van der Waals surface area contributed by atoms with E-state index in [2.05, 4.69) is 4.90 Å². The molecule has 0 unspecified atom stereocenters. The van der Waals surface area contributed by atoms with Gasteiger partial charge in [-0.25, -0.2) is 4.98 Å². The lowest BCUT2D eigenvalue weighted by atomic mass is 10.2. The van der Waals surface area contributed by atoms with Gasteiger partial charge in [0.25, 0.3) is 5.91 Å². The van der Waals surface area contributed by atoms with E-state index in [-0.39, 0.29) is 12.5 Å². The molecule has 29 heavy (non-hydrogen) atoms. The summed E-state index contributed by atoms with van der Waals surface area (Å²) >= 11 is 7.94. The Labute approximate surface area is 178 Å². The molecule has 1 amide bonds.